The van der Waals surface area contributed by atoms with E-state index in [0.717, 1.165) is 57.9 Å². The van der Waals surface area contributed by atoms with E-state index in [1.165, 1.54) is 32.6 Å². The number of hydrogen-bond donors (Lipinski definition) is 3. The van der Waals surface area contributed by atoms with Gasteiger partial charge in [-0.05, 0) is 19.3 Å². The lowest BCUT2D eigenvalue weighted by atomic mass is 10.1. The highest BCUT2D eigenvalue weighted by Gasteiger charge is 2.04. The van der Waals surface area contributed by atoms with E-state index < -0.39 is 0 Å². The molecule has 0 saturated heterocycles. The van der Waals surface area contributed by atoms with Crippen LogP contribution in [0.3, 0.4) is 0 Å². The Hall–Kier alpha value is -1.59. The van der Waals surface area contributed by atoms with Gasteiger partial charge in [-0.15, -0.1) is 0 Å². The smallest absolute Gasteiger partial charge is 0.238 e. The second kappa shape index (κ2) is 18.2. The number of amides is 3. The fourth-order valence-corrected chi connectivity index (χ4v) is 2.71. The predicted octanol–water partition coefficient (Wildman–Crippen LogP) is 3.75. The molecule has 3 N–H and O–H groups in total. The van der Waals surface area contributed by atoms with Crippen LogP contribution in [-0.4, -0.2) is 24.3 Å². The van der Waals surface area contributed by atoms with Gasteiger partial charge in [0, 0.05) is 26.3 Å². The lowest BCUT2D eigenvalue weighted by Crippen LogP contribution is -2.41. The van der Waals surface area contributed by atoms with Crippen molar-refractivity contribution in [1.82, 2.24) is 16.2 Å². The van der Waals surface area contributed by atoms with Crippen LogP contribution >= 0.6 is 0 Å². The highest BCUT2D eigenvalue weighted by Crippen LogP contribution is 2.07. The minimum atomic E-state index is -0.119. The van der Waals surface area contributed by atoms with Crippen molar-refractivity contribution in [1.29, 1.82) is 0 Å². The summed E-state index contributed by atoms with van der Waals surface area (Å²) in [4.78, 5) is 34.0. The third kappa shape index (κ3) is 18.7. The zero-order valence-corrected chi connectivity index (χ0v) is 16.8. The van der Waals surface area contributed by atoms with E-state index in [1.807, 2.05) is 0 Å². The molecule has 0 aliphatic rings. The molecule has 0 heterocycles. The SMILES string of the molecule is CCCCCCCCC(=O)NNC(=O)CCCCCCCCNC(C)=O. The van der Waals surface area contributed by atoms with Gasteiger partial charge in [0.25, 0.3) is 0 Å². The Labute approximate surface area is 159 Å². The second-order valence-corrected chi connectivity index (χ2v) is 6.97. The Kier molecular flexibility index (Phi) is 17.1. The fourth-order valence-electron chi connectivity index (χ4n) is 2.71. The summed E-state index contributed by atoms with van der Waals surface area (Å²) in [6.07, 6.45) is 14.0. The molecule has 26 heavy (non-hydrogen) atoms. The Morgan fingerprint density at radius 1 is 0.615 bits per heavy atom. The molecule has 0 aromatic rings. The summed E-state index contributed by atoms with van der Waals surface area (Å²) in [5.41, 5.74) is 4.99. The third-order valence-corrected chi connectivity index (χ3v) is 4.30. The minimum Gasteiger partial charge on any atom is -0.356 e. The van der Waals surface area contributed by atoms with Gasteiger partial charge in [0.15, 0.2) is 0 Å². The molecule has 0 aliphatic carbocycles. The van der Waals surface area contributed by atoms with Crippen LogP contribution in [-0.2, 0) is 14.4 Å². The van der Waals surface area contributed by atoms with E-state index in [-0.39, 0.29) is 17.7 Å². The third-order valence-electron chi connectivity index (χ3n) is 4.30. The number of rotatable bonds is 16. The van der Waals surface area contributed by atoms with E-state index in [2.05, 4.69) is 23.1 Å². The summed E-state index contributed by atoms with van der Waals surface area (Å²) in [5.74, 6) is -0.199. The molecule has 6 heteroatoms. The van der Waals surface area contributed by atoms with Gasteiger partial charge in [0.2, 0.25) is 17.7 Å². The average molecular weight is 370 g/mol. The van der Waals surface area contributed by atoms with Gasteiger partial charge >= 0.3 is 0 Å². The van der Waals surface area contributed by atoms with Crippen molar-refractivity contribution in [3.63, 3.8) is 0 Å². The predicted molar refractivity (Wildman–Crippen MR) is 105 cm³/mol. The minimum absolute atomic E-state index is 0.0232. The molecule has 0 atom stereocenters. The summed E-state index contributed by atoms with van der Waals surface area (Å²) in [6, 6.07) is 0. The maximum absolute atomic E-state index is 11.7. The fraction of sp³-hybridized carbons (Fsp3) is 0.850. The van der Waals surface area contributed by atoms with Crippen molar-refractivity contribution in [3.05, 3.63) is 0 Å². The summed E-state index contributed by atoms with van der Waals surface area (Å²) in [6.45, 7) is 4.46. The topological polar surface area (TPSA) is 87.3 Å². The summed E-state index contributed by atoms with van der Waals surface area (Å²) < 4.78 is 0. The van der Waals surface area contributed by atoms with Crippen LogP contribution < -0.4 is 16.2 Å². The van der Waals surface area contributed by atoms with Gasteiger partial charge in [-0.25, -0.2) is 0 Å². The van der Waals surface area contributed by atoms with E-state index in [0.29, 0.717) is 12.8 Å². The number of unbranched alkanes of at least 4 members (excludes halogenated alkanes) is 10. The highest BCUT2D eigenvalue weighted by atomic mass is 16.2. The molecule has 0 fully saturated rings. The average Bonchev–Trinajstić information content (AvgIpc) is 2.61. The standard InChI is InChI=1S/C20H39N3O3/c1-3-4-5-6-9-12-15-19(25)22-23-20(26)16-13-10-7-8-11-14-17-21-18(2)24/h3-17H2,1-2H3,(H,21,24)(H,22,25)(H,23,26). The quantitative estimate of drug-likeness (QED) is 0.286. The molecule has 3 amide bonds. The lowest BCUT2D eigenvalue weighted by Gasteiger charge is -2.07. The first-order chi connectivity index (χ1) is 12.6. The van der Waals surface area contributed by atoms with Crippen LogP contribution in [0.4, 0.5) is 0 Å². The Morgan fingerprint density at radius 3 is 1.50 bits per heavy atom. The van der Waals surface area contributed by atoms with Gasteiger partial charge in [0.1, 0.15) is 0 Å². The Morgan fingerprint density at radius 2 is 1.04 bits per heavy atom. The molecular formula is C20H39N3O3. The molecule has 0 bridgehead atoms. The van der Waals surface area contributed by atoms with Gasteiger partial charge in [-0.3, -0.25) is 25.2 Å². The zero-order chi connectivity index (χ0) is 19.5. The molecule has 0 saturated carbocycles. The normalized spacial score (nSPS) is 10.4. The van der Waals surface area contributed by atoms with Gasteiger partial charge < -0.3 is 5.32 Å². The van der Waals surface area contributed by atoms with Gasteiger partial charge in [-0.1, -0.05) is 64.7 Å². The first-order valence-corrected chi connectivity index (χ1v) is 10.4. The Bertz CT molecular complexity index is 386. The molecule has 6 nitrogen and oxygen atoms in total. The number of nitrogens with one attached hydrogen (secondary N) is 3. The largest absolute Gasteiger partial charge is 0.356 e. The van der Waals surface area contributed by atoms with E-state index in [4.69, 9.17) is 0 Å². The molecular weight excluding hydrogens is 330 g/mol. The number of carbonyl (C=O) groups is 3. The number of hydrogen-bond acceptors (Lipinski definition) is 3. The van der Waals surface area contributed by atoms with Crippen molar-refractivity contribution in [2.24, 2.45) is 0 Å². The summed E-state index contributed by atoms with van der Waals surface area (Å²) >= 11 is 0. The molecule has 0 aliphatic heterocycles. The van der Waals surface area contributed by atoms with Crippen LogP contribution in [0.25, 0.3) is 0 Å². The zero-order valence-electron chi connectivity index (χ0n) is 16.8. The molecule has 0 aromatic carbocycles. The lowest BCUT2D eigenvalue weighted by molar-refractivity contribution is -0.129. The molecule has 0 aromatic heterocycles. The van der Waals surface area contributed by atoms with Crippen LogP contribution in [0.1, 0.15) is 104 Å². The van der Waals surface area contributed by atoms with Crippen molar-refractivity contribution in [3.8, 4) is 0 Å². The molecule has 0 spiro atoms. The molecule has 0 radical (unpaired) electrons. The molecule has 0 rings (SSSR count). The van der Waals surface area contributed by atoms with Crippen LogP contribution in [0.15, 0.2) is 0 Å². The summed E-state index contributed by atoms with van der Waals surface area (Å²) in [7, 11) is 0. The van der Waals surface area contributed by atoms with Gasteiger partial charge in [-0.2, -0.15) is 0 Å². The van der Waals surface area contributed by atoms with Crippen LogP contribution in [0.2, 0.25) is 0 Å². The van der Waals surface area contributed by atoms with Gasteiger partial charge in [0.05, 0.1) is 0 Å². The summed E-state index contributed by atoms with van der Waals surface area (Å²) in [5, 5.41) is 2.78. The monoisotopic (exact) mass is 369 g/mol. The highest BCUT2D eigenvalue weighted by molar-refractivity contribution is 5.81. The number of hydrazine groups is 1. The van der Waals surface area contributed by atoms with Crippen molar-refractivity contribution < 1.29 is 14.4 Å². The maximum atomic E-state index is 11.7. The first kappa shape index (κ1) is 24.4. The van der Waals surface area contributed by atoms with E-state index in [1.54, 1.807) is 0 Å². The maximum Gasteiger partial charge on any atom is 0.238 e. The van der Waals surface area contributed by atoms with E-state index >= 15 is 0 Å². The molecule has 152 valence electrons. The van der Waals surface area contributed by atoms with Crippen LogP contribution in [0.5, 0.6) is 0 Å². The number of carbonyl (C=O) groups excluding carboxylic acids is 3. The van der Waals surface area contributed by atoms with E-state index in [9.17, 15) is 14.4 Å². The van der Waals surface area contributed by atoms with Crippen LogP contribution in [0, 0.1) is 0 Å². The van der Waals surface area contributed by atoms with Crippen molar-refractivity contribution >= 4 is 17.7 Å². The Balaban J connectivity index is 3.35. The first-order valence-electron chi connectivity index (χ1n) is 10.4. The van der Waals surface area contributed by atoms with Crippen molar-refractivity contribution in [2.75, 3.05) is 6.54 Å². The molecule has 0 unspecified atom stereocenters. The van der Waals surface area contributed by atoms with Crippen molar-refractivity contribution in [2.45, 2.75) is 104 Å². The second-order valence-electron chi connectivity index (χ2n) is 6.97.